The van der Waals surface area contributed by atoms with Gasteiger partial charge in [0.05, 0.1) is 17.7 Å². The summed E-state index contributed by atoms with van der Waals surface area (Å²) in [7, 11) is 1.97. The second-order valence-electron chi connectivity index (χ2n) is 6.41. The van der Waals surface area contributed by atoms with Gasteiger partial charge in [-0.1, -0.05) is 41.4 Å². The SMILES string of the molecule is C[B]C1O[C@@](CC(C)C)(C(C)S)C(C(C)C)[C@H]1O. The number of hydrogen-bond acceptors (Lipinski definition) is 3. The van der Waals surface area contributed by atoms with E-state index in [1.54, 1.807) is 0 Å². The summed E-state index contributed by atoms with van der Waals surface area (Å²) in [5.41, 5.74) is -0.317. The van der Waals surface area contributed by atoms with Crippen LogP contribution in [-0.2, 0) is 4.74 Å². The van der Waals surface area contributed by atoms with Gasteiger partial charge < -0.3 is 9.84 Å². The van der Waals surface area contributed by atoms with Crippen LogP contribution in [0.15, 0.2) is 0 Å². The van der Waals surface area contributed by atoms with Crippen LogP contribution in [0.3, 0.4) is 0 Å². The van der Waals surface area contributed by atoms with E-state index in [2.05, 4.69) is 47.2 Å². The first-order valence-corrected chi connectivity index (χ1v) is 7.61. The molecule has 1 fully saturated rings. The summed E-state index contributed by atoms with van der Waals surface area (Å²) < 4.78 is 6.27. The smallest absolute Gasteiger partial charge is 0.149 e. The maximum absolute atomic E-state index is 10.5. The molecule has 1 N–H and O–H groups in total. The minimum Gasteiger partial charge on any atom is -0.391 e. The molecule has 2 nitrogen and oxygen atoms in total. The second kappa shape index (κ2) is 6.19. The van der Waals surface area contributed by atoms with E-state index < -0.39 is 6.10 Å². The normalized spacial score (nSPS) is 38.4. The van der Waals surface area contributed by atoms with Gasteiger partial charge in [0.15, 0.2) is 0 Å². The molecular weight excluding hydrogens is 243 g/mol. The number of aliphatic hydroxyl groups excluding tert-OH is 1. The minimum atomic E-state index is -0.414. The highest BCUT2D eigenvalue weighted by Crippen LogP contribution is 2.47. The summed E-state index contributed by atoms with van der Waals surface area (Å²) in [4.78, 5) is 0. The summed E-state index contributed by atoms with van der Waals surface area (Å²) >= 11 is 4.68. The van der Waals surface area contributed by atoms with Crippen molar-refractivity contribution in [1.29, 1.82) is 0 Å². The molecule has 1 saturated heterocycles. The molecule has 0 saturated carbocycles. The lowest BCUT2D eigenvalue weighted by Crippen LogP contribution is -2.48. The molecule has 5 atom stereocenters. The van der Waals surface area contributed by atoms with Crippen LogP contribution < -0.4 is 0 Å². The van der Waals surface area contributed by atoms with E-state index in [0.717, 1.165) is 6.42 Å². The largest absolute Gasteiger partial charge is 0.391 e. The van der Waals surface area contributed by atoms with Crippen LogP contribution in [0.4, 0.5) is 0 Å². The van der Waals surface area contributed by atoms with Crippen LogP contribution in [0.25, 0.3) is 0 Å². The molecule has 0 aromatic rings. The molecule has 1 radical (unpaired) electrons. The van der Waals surface area contributed by atoms with Crippen LogP contribution >= 0.6 is 12.6 Å². The van der Waals surface area contributed by atoms with Crippen molar-refractivity contribution in [3.63, 3.8) is 0 Å². The first-order chi connectivity index (χ1) is 8.26. The molecule has 18 heavy (non-hydrogen) atoms. The van der Waals surface area contributed by atoms with E-state index >= 15 is 0 Å². The van der Waals surface area contributed by atoms with Gasteiger partial charge in [0.2, 0.25) is 0 Å². The minimum absolute atomic E-state index is 0.117. The highest BCUT2D eigenvalue weighted by Gasteiger charge is 2.56. The zero-order chi connectivity index (χ0) is 14.1. The molecule has 0 amide bonds. The van der Waals surface area contributed by atoms with E-state index in [1.807, 2.05) is 14.1 Å². The standard InChI is InChI=1S/C14H28BO2S/c1-8(2)7-14(10(5)18)11(9(3)4)12(16)13(15-6)17-14/h8-13,16,18H,7H2,1-6H3/t10?,11?,12-,13?,14+/m1/s1. The summed E-state index contributed by atoms with van der Waals surface area (Å²) in [6.45, 7) is 12.8. The molecule has 3 unspecified atom stereocenters. The van der Waals surface area contributed by atoms with Crippen molar-refractivity contribution in [3.8, 4) is 0 Å². The average Bonchev–Trinajstić information content (AvgIpc) is 2.51. The predicted molar refractivity (Wildman–Crippen MR) is 81.5 cm³/mol. The predicted octanol–water partition coefficient (Wildman–Crippen LogP) is 2.83. The van der Waals surface area contributed by atoms with Crippen molar-refractivity contribution < 1.29 is 9.84 Å². The van der Waals surface area contributed by atoms with Crippen LogP contribution in [0.2, 0.25) is 6.82 Å². The van der Waals surface area contributed by atoms with Gasteiger partial charge in [0, 0.05) is 11.2 Å². The topological polar surface area (TPSA) is 29.5 Å². The molecule has 4 heteroatoms. The Balaban J connectivity index is 3.12. The summed E-state index contributed by atoms with van der Waals surface area (Å²) in [5.74, 6) is 1.07. The van der Waals surface area contributed by atoms with Crippen molar-refractivity contribution in [2.45, 2.75) is 70.8 Å². The zero-order valence-corrected chi connectivity index (χ0v) is 13.4. The third-order valence-corrected chi connectivity index (χ3v) is 4.54. The molecule has 0 aromatic heterocycles. The first-order valence-electron chi connectivity index (χ1n) is 7.09. The van der Waals surface area contributed by atoms with Gasteiger partial charge in [0.1, 0.15) is 7.28 Å². The Morgan fingerprint density at radius 3 is 2.17 bits per heavy atom. The third kappa shape index (κ3) is 2.91. The summed E-state index contributed by atoms with van der Waals surface area (Å²) in [6, 6.07) is -0.161. The molecule has 0 spiro atoms. The lowest BCUT2D eigenvalue weighted by molar-refractivity contribution is -0.0568. The van der Waals surface area contributed by atoms with Gasteiger partial charge in [-0.3, -0.25) is 0 Å². The quantitative estimate of drug-likeness (QED) is 0.595. The summed E-state index contributed by atoms with van der Waals surface area (Å²) in [6.07, 6.45) is 0.533. The lowest BCUT2D eigenvalue weighted by atomic mass is 9.66. The Hall–Kier alpha value is 0.335. The van der Waals surface area contributed by atoms with Crippen LogP contribution in [0.5, 0.6) is 0 Å². The van der Waals surface area contributed by atoms with Crippen molar-refractivity contribution in [3.05, 3.63) is 0 Å². The van der Waals surface area contributed by atoms with Crippen LogP contribution in [0, 0.1) is 17.8 Å². The molecule has 1 heterocycles. The monoisotopic (exact) mass is 271 g/mol. The van der Waals surface area contributed by atoms with E-state index in [1.165, 1.54) is 0 Å². The highest BCUT2D eigenvalue weighted by molar-refractivity contribution is 7.81. The van der Waals surface area contributed by atoms with E-state index in [4.69, 9.17) is 4.74 Å². The van der Waals surface area contributed by atoms with Crippen molar-refractivity contribution in [2.75, 3.05) is 0 Å². The maximum Gasteiger partial charge on any atom is 0.149 e. The van der Waals surface area contributed by atoms with Gasteiger partial charge >= 0.3 is 0 Å². The number of thiol groups is 1. The van der Waals surface area contributed by atoms with Crippen molar-refractivity contribution >= 4 is 19.9 Å². The number of hydrogen-bond donors (Lipinski definition) is 2. The third-order valence-electron chi connectivity index (χ3n) is 4.11. The Kier molecular flexibility index (Phi) is 5.64. The van der Waals surface area contributed by atoms with Crippen LogP contribution in [-0.4, -0.2) is 35.3 Å². The maximum atomic E-state index is 10.5. The fourth-order valence-corrected chi connectivity index (χ4v) is 3.83. The molecule has 0 bridgehead atoms. The molecule has 1 rings (SSSR count). The Labute approximate surface area is 119 Å². The molecule has 0 aliphatic carbocycles. The first kappa shape index (κ1) is 16.4. The number of rotatable bonds is 5. The zero-order valence-electron chi connectivity index (χ0n) is 12.6. The molecule has 1 aliphatic rings. The molecule has 105 valence electrons. The number of aliphatic hydroxyl groups is 1. The van der Waals surface area contributed by atoms with Gasteiger partial charge in [0.25, 0.3) is 0 Å². The van der Waals surface area contributed by atoms with Crippen molar-refractivity contribution in [1.82, 2.24) is 0 Å². The highest BCUT2D eigenvalue weighted by atomic mass is 32.1. The van der Waals surface area contributed by atoms with E-state index in [-0.39, 0.29) is 22.8 Å². The Morgan fingerprint density at radius 1 is 1.28 bits per heavy atom. The van der Waals surface area contributed by atoms with E-state index in [9.17, 15) is 5.11 Å². The molecular formula is C14H28BO2S. The van der Waals surface area contributed by atoms with Gasteiger partial charge in [-0.15, -0.1) is 0 Å². The average molecular weight is 271 g/mol. The van der Waals surface area contributed by atoms with Crippen LogP contribution in [0.1, 0.15) is 41.0 Å². The van der Waals surface area contributed by atoms with Gasteiger partial charge in [-0.05, 0) is 18.3 Å². The fraction of sp³-hybridized carbons (Fsp3) is 1.00. The second-order valence-corrected chi connectivity index (χ2v) is 7.18. The Morgan fingerprint density at radius 2 is 1.83 bits per heavy atom. The molecule has 0 aromatic carbocycles. The van der Waals surface area contributed by atoms with E-state index in [0.29, 0.717) is 11.8 Å². The fourth-order valence-electron chi connectivity index (χ4n) is 3.49. The number of ether oxygens (including phenoxy) is 1. The lowest BCUT2D eigenvalue weighted by Gasteiger charge is -2.41. The molecule has 1 aliphatic heterocycles. The van der Waals surface area contributed by atoms with Crippen molar-refractivity contribution in [2.24, 2.45) is 17.8 Å². The summed E-state index contributed by atoms with van der Waals surface area (Å²) in [5, 5.41) is 10.6. The van der Waals surface area contributed by atoms with Gasteiger partial charge in [-0.2, -0.15) is 12.6 Å². The van der Waals surface area contributed by atoms with Gasteiger partial charge in [-0.25, -0.2) is 0 Å². The Bertz CT molecular complexity index is 271.